The summed E-state index contributed by atoms with van der Waals surface area (Å²) in [7, 11) is 0. The number of amides is 2. The summed E-state index contributed by atoms with van der Waals surface area (Å²) in [6.07, 6.45) is 4.52. The van der Waals surface area contributed by atoms with E-state index in [0.29, 0.717) is 12.1 Å². The molecule has 0 bridgehead atoms. The van der Waals surface area contributed by atoms with Gasteiger partial charge in [-0.2, -0.15) is 0 Å². The lowest BCUT2D eigenvalue weighted by molar-refractivity contribution is -0.121. The molecule has 2 aliphatic rings. The first-order valence-electron chi connectivity index (χ1n) is 8.34. The standard InChI is InChI=1S/C18H19N3O2S/c22-16(10-14-11-4-1-2-5-12(11)18(23)21-14)19-9-8-17-20-13-6-3-7-15(13)24-17/h1-2,4-5,14H,3,6-10H2,(H,19,22)(H,21,23). The van der Waals surface area contributed by atoms with Crippen molar-refractivity contribution in [2.24, 2.45) is 0 Å². The molecule has 0 saturated heterocycles. The Balaban J connectivity index is 1.29. The van der Waals surface area contributed by atoms with Gasteiger partial charge in [0.15, 0.2) is 0 Å². The molecule has 2 heterocycles. The first-order valence-corrected chi connectivity index (χ1v) is 9.16. The summed E-state index contributed by atoms with van der Waals surface area (Å²) >= 11 is 1.78. The Morgan fingerprint density at radius 2 is 2.21 bits per heavy atom. The van der Waals surface area contributed by atoms with Crippen molar-refractivity contribution in [1.29, 1.82) is 0 Å². The van der Waals surface area contributed by atoms with Gasteiger partial charge in [-0.25, -0.2) is 4.98 Å². The van der Waals surface area contributed by atoms with Crippen LogP contribution in [0.1, 0.15) is 50.4 Å². The quantitative estimate of drug-likeness (QED) is 0.875. The van der Waals surface area contributed by atoms with Gasteiger partial charge in [-0.15, -0.1) is 11.3 Å². The van der Waals surface area contributed by atoms with Gasteiger partial charge in [0.05, 0.1) is 23.2 Å². The van der Waals surface area contributed by atoms with E-state index in [2.05, 4.69) is 15.6 Å². The number of aryl methyl sites for hydroxylation is 2. The Morgan fingerprint density at radius 1 is 1.33 bits per heavy atom. The maximum Gasteiger partial charge on any atom is 0.252 e. The maximum absolute atomic E-state index is 12.2. The fraction of sp³-hybridized carbons (Fsp3) is 0.389. The van der Waals surface area contributed by atoms with Crippen molar-refractivity contribution >= 4 is 23.2 Å². The molecule has 1 aromatic heterocycles. The molecule has 1 atom stereocenters. The van der Waals surface area contributed by atoms with Gasteiger partial charge >= 0.3 is 0 Å². The minimum absolute atomic E-state index is 0.0406. The van der Waals surface area contributed by atoms with Crippen LogP contribution in [0.2, 0.25) is 0 Å². The van der Waals surface area contributed by atoms with Gasteiger partial charge in [0.25, 0.3) is 5.91 Å². The number of nitrogens with zero attached hydrogens (tertiary/aromatic N) is 1. The highest BCUT2D eigenvalue weighted by molar-refractivity contribution is 7.11. The molecule has 1 aromatic carbocycles. The summed E-state index contributed by atoms with van der Waals surface area (Å²) < 4.78 is 0. The van der Waals surface area contributed by atoms with Crippen LogP contribution >= 0.6 is 11.3 Å². The predicted octanol–water partition coefficient (Wildman–Crippen LogP) is 2.17. The number of hydrogen-bond acceptors (Lipinski definition) is 4. The van der Waals surface area contributed by atoms with E-state index in [-0.39, 0.29) is 24.3 Å². The molecule has 1 unspecified atom stereocenters. The Kier molecular flexibility index (Phi) is 4.06. The minimum atomic E-state index is -0.225. The average molecular weight is 341 g/mol. The third-order valence-corrected chi connectivity index (χ3v) is 5.79. The van der Waals surface area contributed by atoms with Crippen molar-refractivity contribution in [2.75, 3.05) is 6.54 Å². The lowest BCUT2D eigenvalue weighted by Crippen LogP contribution is -2.30. The van der Waals surface area contributed by atoms with Gasteiger partial charge in [0.2, 0.25) is 5.91 Å². The van der Waals surface area contributed by atoms with Gasteiger partial charge in [-0.3, -0.25) is 9.59 Å². The Hall–Kier alpha value is -2.21. The van der Waals surface area contributed by atoms with Crippen molar-refractivity contribution < 1.29 is 9.59 Å². The van der Waals surface area contributed by atoms with E-state index in [1.165, 1.54) is 17.0 Å². The van der Waals surface area contributed by atoms with Crippen LogP contribution in [0.4, 0.5) is 0 Å². The highest BCUT2D eigenvalue weighted by Crippen LogP contribution is 2.28. The molecule has 5 nitrogen and oxygen atoms in total. The summed E-state index contributed by atoms with van der Waals surface area (Å²) in [4.78, 5) is 30.1. The number of nitrogens with one attached hydrogen (secondary N) is 2. The number of carbonyl (C=O) groups excluding carboxylic acids is 2. The molecule has 124 valence electrons. The molecule has 1 aliphatic carbocycles. The van der Waals surface area contributed by atoms with Gasteiger partial charge in [-0.05, 0) is 30.9 Å². The summed E-state index contributed by atoms with van der Waals surface area (Å²) in [6, 6.07) is 7.21. The number of hydrogen-bond donors (Lipinski definition) is 2. The Labute approximate surface area is 144 Å². The summed E-state index contributed by atoms with van der Waals surface area (Å²) in [6.45, 7) is 0.591. The normalized spacial score (nSPS) is 18.2. The van der Waals surface area contributed by atoms with Crippen LogP contribution in [0.5, 0.6) is 0 Å². The zero-order valence-corrected chi connectivity index (χ0v) is 14.1. The highest BCUT2D eigenvalue weighted by Gasteiger charge is 2.29. The molecule has 0 radical (unpaired) electrons. The molecule has 0 spiro atoms. The zero-order chi connectivity index (χ0) is 16.5. The van der Waals surface area contributed by atoms with Crippen molar-refractivity contribution in [2.45, 2.75) is 38.1 Å². The van der Waals surface area contributed by atoms with Crippen molar-refractivity contribution in [3.63, 3.8) is 0 Å². The predicted molar refractivity (Wildman–Crippen MR) is 92.1 cm³/mol. The second-order valence-electron chi connectivity index (χ2n) is 6.25. The molecular weight excluding hydrogens is 322 g/mol. The average Bonchev–Trinajstić information content (AvgIpc) is 3.23. The molecule has 24 heavy (non-hydrogen) atoms. The second-order valence-corrected chi connectivity index (χ2v) is 7.42. The number of rotatable bonds is 5. The van der Waals surface area contributed by atoms with Gasteiger partial charge in [0, 0.05) is 23.4 Å². The minimum Gasteiger partial charge on any atom is -0.356 e. The fourth-order valence-corrected chi connectivity index (χ4v) is 4.56. The molecule has 0 fully saturated rings. The lowest BCUT2D eigenvalue weighted by Gasteiger charge is -2.11. The molecule has 4 rings (SSSR count). The van der Waals surface area contributed by atoms with Gasteiger partial charge in [0.1, 0.15) is 0 Å². The molecular formula is C18H19N3O2S. The third-order valence-electron chi connectivity index (χ3n) is 4.58. The van der Waals surface area contributed by atoms with E-state index in [9.17, 15) is 9.59 Å². The summed E-state index contributed by atoms with van der Waals surface area (Å²) in [5.41, 5.74) is 2.84. The van der Waals surface area contributed by atoms with E-state index in [1.807, 2.05) is 18.2 Å². The number of fused-ring (bicyclic) bond motifs is 2. The van der Waals surface area contributed by atoms with Crippen LogP contribution < -0.4 is 10.6 Å². The topological polar surface area (TPSA) is 71.1 Å². The van der Waals surface area contributed by atoms with Gasteiger partial charge in [-0.1, -0.05) is 18.2 Å². The van der Waals surface area contributed by atoms with Gasteiger partial charge < -0.3 is 10.6 Å². The second kappa shape index (κ2) is 6.36. The highest BCUT2D eigenvalue weighted by atomic mass is 32.1. The summed E-state index contributed by atoms with van der Waals surface area (Å²) in [5, 5.41) is 6.93. The molecule has 2 N–H and O–H groups in total. The van der Waals surface area contributed by atoms with Crippen LogP contribution in [0.15, 0.2) is 24.3 Å². The first kappa shape index (κ1) is 15.3. The number of thiazole rings is 1. The van der Waals surface area contributed by atoms with E-state index in [4.69, 9.17) is 0 Å². The van der Waals surface area contributed by atoms with Crippen molar-refractivity contribution in [3.8, 4) is 0 Å². The smallest absolute Gasteiger partial charge is 0.252 e. The van der Waals surface area contributed by atoms with Crippen LogP contribution in [-0.2, 0) is 24.1 Å². The van der Waals surface area contributed by atoms with E-state index >= 15 is 0 Å². The lowest BCUT2D eigenvalue weighted by atomic mass is 10.0. The van der Waals surface area contributed by atoms with E-state index in [0.717, 1.165) is 29.8 Å². The number of benzene rings is 1. The molecule has 2 amide bonds. The Bertz CT molecular complexity index is 778. The van der Waals surface area contributed by atoms with Crippen molar-refractivity contribution in [1.82, 2.24) is 15.6 Å². The Morgan fingerprint density at radius 3 is 3.08 bits per heavy atom. The van der Waals surface area contributed by atoms with Crippen molar-refractivity contribution in [3.05, 3.63) is 51.0 Å². The molecule has 6 heteroatoms. The summed E-state index contributed by atoms with van der Waals surface area (Å²) in [5.74, 6) is -0.137. The fourth-order valence-electron chi connectivity index (χ4n) is 3.40. The largest absolute Gasteiger partial charge is 0.356 e. The van der Waals surface area contributed by atoms with Crippen LogP contribution in [0, 0.1) is 0 Å². The number of carbonyl (C=O) groups is 2. The molecule has 1 aliphatic heterocycles. The molecule has 0 saturated carbocycles. The van der Waals surface area contributed by atoms with Crippen LogP contribution in [0.25, 0.3) is 0 Å². The third kappa shape index (κ3) is 2.94. The first-order chi connectivity index (χ1) is 11.7. The molecule has 2 aromatic rings. The van der Waals surface area contributed by atoms with E-state index in [1.54, 1.807) is 17.4 Å². The van der Waals surface area contributed by atoms with Crippen LogP contribution in [0.3, 0.4) is 0 Å². The van der Waals surface area contributed by atoms with E-state index < -0.39 is 0 Å². The van der Waals surface area contributed by atoms with Crippen LogP contribution in [-0.4, -0.2) is 23.3 Å². The maximum atomic E-state index is 12.2. The SMILES string of the molecule is O=C(CC1NC(=O)c2ccccc21)NCCc1nc2c(s1)CCC2. The monoisotopic (exact) mass is 341 g/mol. The zero-order valence-electron chi connectivity index (χ0n) is 13.3. The number of aromatic nitrogens is 1.